The van der Waals surface area contributed by atoms with E-state index >= 15 is 0 Å². The van der Waals surface area contributed by atoms with Crippen molar-refractivity contribution in [1.82, 2.24) is 0 Å². The van der Waals surface area contributed by atoms with Crippen LogP contribution in [0.1, 0.15) is 0 Å². The third kappa shape index (κ3) is 2.56. The molecule has 7 heavy (non-hydrogen) atoms. The highest BCUT2D eigenvalue weighted by molar-refractivity contribution is 8.00. The molecule has 0 saturated heterocycles. The molecule has 0 saturated carbocycles. The Morgan fingerprint density at radius 1 is 1.71 bits per heavy atom. The molecule has 42 valence electrons. The first-order chi connectivity index (χ1) is 3.12. The lowest BCUT2D eigenvalue weighted by molar-refractivity contribution is -0.119. The number of carbonyl (C=O) groups excluding carboxylic acids is 1. The van der Waals surface area contributed by atoms with Crippen LogP contribution in [-0.2, 0) is 4.79 Å². The molecule has 1 nitrogen and oxygen atoms in total. The second-order valence-corrected chi connectivity index (χ2v) is 1.84. The molecular formula is C3H4F2OS. The van der Waals surface area contributed by atoms with Crippen molar-refractivity contribution < 1.29 is 13.6 Å². The van der Waals surface area contributed by atoms with Gasteiger partial charge >= 0.3 is 5.25 Å². The summed E-state index contributed by atoms with van der Waals surface area (Å²) in [7, 11) is 0. The second-order valence-electron chi connectivity index (χ2n) is 0.884. The van der Waals surface area contributed by atoms with E-state index in [0.29, 0.717) is 0 Å². The van der Waals surface area contributed by atoms with Crippen molar-refractivity contribution in [2.24, 2.45) is 0 Å². The van der Waals surface area contributed by atoms with Gasteiger partial charge in [0.05, 0.1) is 0 Å². The van der Waals surface area contributed by atoms with Crippen LogP contribution >= 0.6 is 11.8 Å². The molecule has 0 aromatic rings. The minimum atomic E-state index is -3.18. The Labute approximate surface area is 44.1 Å². The normalized spacial score (nSPS) is 11.3. The Morgan fingerprint density at radius 2 is 2.14 bits per heavy atom. The van der Waals surface area contributed by atoms with Crippen LogP contribution in [0.3, 0.4) is 0 Å². The molecule has 0 aliphatic rings. The lowest BCUT2D eigenvalue weighted by Gasteiger charge is -1.99. The number of hydrogen-bond acceptors (Lipinski definition) is 2. The molecular weight excluding hydrogens is 122 g/mol. The van der Waals surface area contributed by atoms with E-state index in [4.69, 9.17) is 0 Å². The van der Waals surface area contributed by atoms with Crippen molar-refractivity contribution in [3.05, 3.63) is 0 Å². The fourth-order valence-corrected chi connectivity index (χ4v) is 0.144. The van der Waals surface area contributed by atoms with E-state index in [9.17, 15) is 13.6 Å². The topological polar surface area (TPSA) is 17.1 Å². The van der Waals surface area contributed by atoms with E-state index in [1.165, 1.54) is 6.26 Å². The predicted octanol–water partition coefficient (Wildman–Crippen LogP) is 1.14. The monoisotopic (exact) mass is 126 g/mol. The summed E-state index contributed by atoms with van der Waals surface area (Å²) in [5, 5.41) is -3.18. The molecule has 0 unspecified atom stereocenters. The summed E-state index contributed by atoms with van der Waals surface area (Å²) in [6, 6.07) is 0. The van der Waals surface area contributed by atoms with Gasteiger partial charge in [-0.15, -0.1) is 0 Å². The van der Waals surface area contributed by atoms with Gasteiger partial charge in [-0.1, -0.05) is 11.8 Å². The largest absolute Gasteiger partial charge is 0.348 e. The van der Waals surface area contributed by atoms with Crippen LogP contribution in [0.2, 0.25) is 0 Å². The molecule has 0 fully saturated rings. The Kier molecular flexibility index (Phi) is 2.22. The SMILES string of the molecule is CSC(F)(F)C=O. The maximum absolute atomic E-state index is 11.5. The van der Waals surface area contributed by atoms with E-state index in [2.05, 4.69) is 0 Å². The van der Waals surface area contributed by atoms with Gasteiger partial charge in [0.25, 0.3) is 0 Å². The van der Waals surface area contributed by atoms with Gasteiger partial charge in [-0.05, 0) is 6.26 Å². The zero-order chi connectivity index (χ0) is 5.91. The molecule has 0 aromatic heterocycles. The summed E-state index contributed by atoms with van der Waals surface area (Å²) < 4.78 is 23.0. The van der Waals surface area contributed by atoms with E-state index < -0.39 is 5.25 Å². The van der Waals surface area contributed by atoms with Gasteiger partial charge in [0.2, 0.25) is 0 Å². The standard InChI is InChI=1S/C3H4F2OS/c1-7-3(4,5)2-6/h2H,1H3. The van der Waals surface area contributed by atoms with Gasteiger partial charge in [0.1, 0.15) is 0 Å². The van der Waals surface area contributed by atoms with Crippen molar-refractivity contribution in [3.8, 4) is 0 Å². The Morgan fingerprint density at radius 3 is 2.14 bits per heavy atom. The minimum absolute atomic E-state index is 0.226. The maximum Gasteiger partial charge on any atom is 0.348 e. The first-order valence-electron chi connectivity index (χ1n) is 1.51. The highest BCUT2D eigenvalue weighted by atomic mass is 32.2. The van der Waals surface area contributed by atoms with Crippen LogP contribution in [-0.4, -0.2) is 17.8 Å². The Hall–Kier alpha value is -0.120. The fraction of sp³-hybridized carbons (Fsp3) is 0.667. The molecule has 0 rings (SSSR count). The molecule has 0 N–H and O–H groups in total. The number of alkyl halides is 2. The van der Waals surface area contributed by atoms with Crippen LogP contribution < -0.4 is 0 Å². The molecule has 0 aromatic carbocycles. The Bertz CT molecular complexity index is 73.3. The quantitative estimate of drug-likeness (QED) is 0.516. The third-order valence-corrected chi connectivity index (χ3v) is 1.05. The van der Waals surface area contributed by atoms with Crippen LogP contribution in [0.25, 0.3) is 0 Å². The predicted molar refractivity (Wildman–Crippen MR) is 24.5 cm³/mol. The van der Waals surface area contributed by atoms with Gasteiger partial charge in [-0.2, -0.15) is 8.78 Å². The number of thioether (sulfide) groups is 1. The molecule has 0 radical (unpaired) electrons. The highest BCUT2D eigenvalue weighted by Crippen LogP contribution is 2.22. The minimum Gasteiger partial charge on any atom is -0.296 e. The van der Waals surface area contributed by atoms with E-state index in [1.807, 2.05) is 0 Å². The molecule has 0 heterocycles. The van der Waals surface area contributed by atoms with Crippen LogP contribution in [0, 0.1) is 0 Å². The van der Waals surface area contributed by atoms with Crippen LogP contribution in [0.5, 0.6) is 0 Å². The van der Waals surface area contributed by atoms with Crippen molar-refractivity contribution >= 4 is 18.0 Å². The molecule has 0 bridgehead atoms. The summed E-state index contributed by atoms with van der Waals surface area (Å²) in [4.78, 5) is 9.29. The van der Waals surface area contributed by atoms with Crippen LogP contribution in [0.15, 0.2) is 0 Å². The van der Waals surface area contributed by atoms with Gasteiger partial charge < -0.3 is 0 Å². The highest BCUT2D eigenvalue weighted by Gasteiger charge is 2.25. The van der Waals surface area contributed by atoms with Gasteiger partial charge in [0.15, 0.2) is 6.29 Å². The molecule has 0 aliphatic heterocycles. The number of aldehydes is 1. The average molecular weight is 126 g/mol. The third-order valence-electron chi connectivity index (χ3n) is 0.409. The zero-order valence-corrected chi connectivity index (χ0v) is 4.47. The van der Waals surface area contributed by atoms with E-state index in [0.717, 1.165) is 0 Å². The first kappa shape index (κ1) is 6.88. The summed E-state index contributed by atoms with van der Waals surface area (Å²) in [5.41, 5.74) is 0. The molecule has 0 aliphatic carbocycles. The molecule has 4 heteroatoms. The number of hydrogen-bond donors (Lipinski definition) is 0. The van der Waals surface area contributed by atoms with E-state index in [1.54, 1.807) is 0 Å². The van der Waals surface area contributed by atoms with Crippen molar-refractivity contribution in [3.63, 3.8) is 0 Å². The van der Waals surface area contributed by atoms with Gasteiger partial charge in [0, 0.05) is 0 Å². The van der Waals surface area contributed by atoms with Gasteiger partial charge in [-0.25, -0.2) is 0 Å². The fourth-order valence-electron chi connectivity index (χ4n) is 0.0481. The molecule has 0 atom stereocenters. The van der Waals surface area contributed by atoms with E-state index in [-0.39, 0.29) is 18.0 Å². The summed E-state index contributed by atoms with van der Waals surface area (Å²) >= 11 is 0.226. The lowest BCUT2D eigenvalue weighted by atomic mass is 10.8. The maximum atomic E-state index is 11.5. The van der Waals surface area contributed by atoms with Gasteiger partial charge in [-0.3, -0.25) is 4.79 Å². The summed E-state index contributed by atoms with van der Waals surface area (Å²) in [6.07, 6.45) is 0.798. The Balaban J connectivity index is 3.58. The summed E-state index contributed by atoms with van der Waals surface area (Å²) in [5.74, 6) is 0. The number of carbonyl (C=O) groups is 1. The second kappa shape index (κ2) is 2.26. The number of halogens is 2. The lowest BCUT2D eigenvalue weighted by Crippen LogP contribution is -2.09. The first-order valence-corrected chi connectivity index (χ1v) is 2.74. The van der Waals surface area contributed by atoms with Crippen molar-refractivity contribution in [2.75, 3.05) is 6.26 Å². The summed E-state index contributed by atoms with van der Waals surface area (Å²) in [6.45, 7) is 0. The van der Waals surface area contributed by atoms with Crippen molar-refractivity contribution in [1.29, 1.82) is 0 Å². The zero-order valence-electron chi connectivity index (χ0n) is 3.65. The smallest absolute Gasteiger partial charge is 0.296 e. The van der Waals surface area contributed by atoms with Crippen LogP contribution in [0.4, 0.5) is 8.78 Å². The molecule has 0 amide bonds. The van der Waals surface area contributed by atoms with Crippen molar-refractivity contribution in [2.45, 2.75) is 5.25 Å². The average Bonchev–Trinajstić information content (AvgIpc) is 1.68. The molecule has 0 spiro atoms. The number of rotatable bonds is 2.